The van der Waals surface area contributed by atoms with E-state index in [4.69, 9.17) is 11.6 Å². The molecule has 0 aromatic heterocycles. The number of amides is 2. The second-order valence-corrected chi connectivity index (χ2v) is 9.98. The van der Waals surface area contributed by atoms with Crippen molar-refractivity contribution in [1.82, 2.24) is 9.80 Å². The van der Waals surface area contributed by atoms with E-state index < -0.39 is 16.5 Å². The summed E-state index contributed by atoms with van der Waals surface area (Å²) in [6.07, 6.45) is 0.477. The average Bonchev–Trinajstić information content (AvgIpc) is 3.26. The predicted molar refractivity (Wildman–Crippen MR) is 117 cm³/mol. The van der Waals surface area contributed by atoms with Crippen molar-refractivity contribution in [2.24, 2.45) is 0 Å². The monoisotopic (exact) mass is 423 g/mol. The summed E-state index contributed by atoms with van der Waals surface area (Å²) in [6.45, 7) is 8.26. The molecule has 3 aliphatic heterocycles. The number of nitrogens with zero attached hydrogens (tertiary/aromatic N) is 2. The number of anilines is 1. The normalized spacial score (nSPS) is 29.5. The highest BCUT2D eigenvalue weighted by molar-refractivity contribution is 6.30. The van der Waals surface area contributed by atoms with Crippen molar-refractivity contribution in [3.8, 4) is 0 Å². The van der Waals surface area contributed by atoms with Gasteiger partial charge in [0.15, 0.2) is 5.54 Å². The highest BCUT2D eigenvalue weighted by Crippen LogP contribution is 2.66. The van der Waals surface area contributed by atoms with Crippen LogP contribution in [0, 0.1) is 0 Å². The van der Waals surface area contributed by atoms with E-state index in [-0.39, 0.29) is 18.0 Å². The van der Waals surface area contributed by atoms with Gasteiger partial charge in [0.2, 0.25) is 5.91 Å². The van der Waals surface area contributed by atoms with E-state index in [9.17, 15) is 9.59 Å². The minimum atomic E-state index is -1.11. The zero-order chi connectivity index (χ0) is 21.5. The SMILES string of the molecule is CC(=O)N1CCC23c4ccccc4NC2N(C(C)(C)C)C(=O)C13c1ccc(Cl)cc1. The number of para-hydroxylation sites is 1. The van der Waals surface area contributed by atoms with Crippen molar-refractivity contribution in [3.05, 3.63) is 64.7 Å². The zero-order valence-corrected chi connectivity index (χ0v) is 18.5. The molecule has 3 unspecified atom stereocenters. The van der Waals surface area contributed by atoms with Gasteiger partial charge in [-0.25, -0.2) is 0 Å². The maximum Gasteiger partial charge on any atom is 0.256 e. The molecule has 3 heterocycles. The molecule has 3 aliphatic rings. The lowest BCUT2D eigenvalue weighted by Gasteiger charge is -2.42. The molecule has 2 amide bonds. The first-order chi connectivity index (χ1) is 14.2. The second kappa shape index (κ2) is 6.01. The maximum atomic E-state index is 14.4. The van der Waals surface area contributed by atoms with Crippen LogP contribution in [0.25, 0.3) is 0 Å². The van der Waals surface area contributed by atoms with Crippen LogP contribution >= 0.6 is 11.6 Å². The van der Waals surface area contributed by atoms with Gasteiger partial charge in [0.1, 0.15) is 6.17 Å². The number of carbonyl (C=O) groups is 2. The smallest absolute Gasteiger partial charge is 0.256 e. The summed E-state index contributed by atoms with van der Waals surface area (Å²) in [5.74, 6) is -0.119. The molecule has 2 aromatic carbocycles. The molecule has 30 heavy (non-hydrogen) atoms. The third-order valence-corrected chi connectivity index (χ3v) is 7.35. The van der Waals surface area contributed by atoms with Crippen molar-refractivity contribution in [1.29, 1.82) is 0 Å². The molecular weight excluding hydrogens is 398 g/mol. The van der Waals surface area contributed by atoms with E-state index in [1.807, 2.05) is 41.3 Å². The maximum absolute atomic E-state index is 14.4. The van der Waals surface area contributed by atoms with E-state index in [1.165, 1.54) is 0 Å². The van der Waals surface area contributed by atoms with Crippen LogP contribution in [0.5, 0.6) is 0 Å². The molecular formula is C24H26ClN3O2. The lowest BCUT2D eigenvalue weighted by Crippen LogP contribution is -2.58. The molecule has 2 fully saturated rings. The summed E-state index contributed by atoms with van der Waals surface area (Å²) in [6, 6.07) is 15.6. The van der Waals surface area contributed by atoms with Crippen LogP contribution in [-0.4, -0.2) is 39.9 Å². The summed E-state index contributed by atoms with van der Waals surface area (Å²) in [5.41, 5.74) is 0.853. The van der Waals surface area contributed by atoms with Gasteiger partial charge in [-0.3, -0.25) is 9.59 Å². The van der Waals surface area contributed by atoms with Crippen molar-refractivity contribution in [3.63, 3.8) is 0 Å². The van der Waals surface area contributed by atoms with Gasteiger partial charge < -0.3 is 15.1 Å². The fourth-order valence-electron chi connectivity index (χ4n) is 6.15. The fraction of sp³-hybridized carbons (Fsp3) is 0.417. The topological polar surface area (TPSA) is 52.7 Å². The lowest BCUT2D eigenvalue weighted by atomic mass is 9.64. The molecule has 2 saturated heterocycles. The van der Waals surface area contributed by atoms with Gasteiger partial charge in [-0.2, -0.15) is 0 Å². The summed E-state index contributed by atoms with van der Waals surface area (Å²) < 4.78 is 0. The Morgan fingerprint density at radius 3 is 2.43 bits per heavy atom. The lowest BCUT2D eigenvalue weighted by molar-refractivity contribution is -0.150. The third-order valence-electron chi connectivity index (χ3n) is 7.10. The molecule has 2 aromatic rings. The van der Waals surface area contributed by atoms with Crippen LogP contribution < -0.4 is 5.32 Å². The van der Waals surface area contributed by atoms with Crippen molar-refractivity contribution in [2.45, 2.75) is 56.8 Å². The Morgan fingerprint density at radius 1 is 1.13 bits per heavy atom. The first-order valence-corrected chi connectivity index (χ1v) is 10.8. The van der Waals surface area contributed by atoms with Gasteiger partial charge in [-0.1, -0.05) is 41.9 Å². The van der Waals surface area contributed by atoms with Crippen LogP contribution in [0.4, 0.5) is 5.69 Å². The van der Waals surface area contributed by atoms with Gasteiger partial charge in [0.05, 0.1) is 5.41 Å². The van der Waals surface area contributed by atoms with Crippen molar-refractivity contribution < 1.29 is 9.59 Å². The van der Waals surface area contributed by atoms with E-state index in [0.717, 1.165) is 16.8 Å². The number of carbonyl (C=O) groups excluding carboxylic acids is 2. The first-order valence-electron chi connectivity index (χ1n) is 10.4. The van der Waals surface area contributed by atoms with Crippen LogP contribution in [0.1, 0.15) is 45.2 Å². The molecule has 1 spiro atoms. The Morgan fingerprint density at radius 2 is 1.80 bits per heavy atom. The summed E-state index contributed by atoms with van der Waals surface area (Å²) in [5, 5.41) is 4.26. The van der Waals surface area contributed by atoms with Gasteiger partial charge in [-0.15, -0.1) is 0 Å². The van der Waals surface area contributed by atoms with Crippen LogP contribution in [0.2, 0.25) is 5.02 Å². The van der Waals surface area contributed by atoms with Crippen molar-refractivity contribution in [2.75, 3.05) is 11.9 Å². The largest absolute Gasteiger partial charge is 0.364 e. The Kier molecular flexibility index (Phi) is 3.89. The molecule has 0 aliphatic carbocycles. The number of nitrogens with one attached hydrogen (secondary N) is 1. The predicted octanol–water partition coefficient (Wildman–Crippen LogP) is 4.12. The fourth-order valence-corrected chi connectivity index (χ4v) is 6.28. The standard InChI is InChI=1S/C24H26ClN3O2/c1-15(29)27-14-13-23-18-7-5-6-8-19(18)26-20(23)28(22(2,3)4)21(30)24(23,27)16-9-11-17(25)12-10-16/h5-12,20,26H,13-14H2,1-4H3. The molecule has 0 bridgehead atoms. The van der Waals surface area contributed by atoms with E-state index in [0.29, 0.717) is 18.0 Å². The number of hydrogen-bond acceptors (Lipinski definition) is 3. The summed E-state index contributed by atoms with van der Waals surface area (Å²) in [7, 11) is 0. The summed E-state index contributed by atoms with van der Waals surface area (Å²) in [4.78, 5) is 31.1. The van der Waals surface area contributed by atoms with Crippen LogP contribution in [0.3, 0.4) is 0 Å². The second-order valence-electron chi connectivity index (χ2n) is 9.55. The molecule has 5 rings (SSSR count). The number of benzene rings is 2. The van der Waals surface area contributed by atoms with Gasteiger partial charge in [0, 0.05) is 29.7 Å². The molecule has 6 heteroatoms. The van der Waals surface area contributed by atoms with E-state index in [1.54, 1.807) is 11.8 Å². The number of hydrogen-bond donors (Lipinski definition) is 1. The number of likely N-dealkylation sites (tertiary alicyclic amines) is 2. The van der Waals surface area contributed by atoms with E-state index in [2.05, 4.69) is 38.2 Å². The highest BCUT2D eigenvalue weighted by Gasteiger charge is 2.79. The van der Waals surface area contributed by atoms with Crippen LogP contribution in [-0.2, 0) is 20.5 Å². The third kappa shape index (κ3) is 2.09. The Balaban J connectivity index is 1.90. The first kappa shape index (κ1) is 19.4. The Hall–Kier alpha value is -2.53. The number of fused-ring (bicyclic) bond motifs is 1. The minimum Gasteiger partial charge on any atom is -0.364 e. The van der Waals surface area contributed by atoms with E-state index >= 15 is 0 Å². The average molecular weight is 424 g/mol. The highest BCUT2D eigenvalue weighted by atomic mass is 35.5. The Labute approximate surface area is 182 Å². The molecule has 3 atom stereocenters. The number of rotatable bonds is 1. The minimum absolute atomic E-state index is 0.0305. The quantitative estimate of drug-likeness (QED) is 0.750. The zero-order valence-electron chi connectivity index (χ0n) is 17.7. The molecule has 156 valence electrons. The van der Waals surface area contributed by atoms with Crippen molar-refractivity contribution >= 4 is 29.1 Å². The number of halogens is 1. The summed E-state index contributed by atoms with van der Waals surface area (Å²) >= 11 is 6.20. The van der Waals surface area contributed by atoms with Gasteiger partial charge >= 0.3 is 0 Å². The van der Waals surface area contributed by atoms with Gasteiger partial charge in [0.25, 0.3) is 5.91 Å². The molecule has 1 N–H and O–H groups in total. The van der Waals surface area contributed by atoms with Crippen LogP contribution in [0.15, 0.2) is 48.5 Å². The molecule has 0 saturated carbocycles. The molecule has 0 radical (unpaired) electrons. The molecule has 5 nitrogen and oxygen atoms in total. The Bertz CT molecular complexity index is 1060. The van der Waals surface area contributed by atoms with Gasteiger partial charge in [-0.05, 0) is 56.5 Å².